The van der Waals surface area contributed by atoms with E-state index in [-0.39, 0.29) is 0 Å². The average molecular weight is 158 g/mol. The summed E-state index contributed by atoms with van der Waals surface area (Å²) >= 11 is 5.43. The summed E-state index contributed by atoms with van der Waals surface area (Å²) in [6, 6.07) is 3.15. The van der Waals surface area contributed by atoms with E-state index in [4.69, 9.17) is 16.8 Å². The smallest absolute Gasteiger partial charge is 0.151 e. The minimum absolute atomic E-state index is 0.315. The number of hydrogen-bond acceptors (Lipinski definition) is 4. The first-order valence-corrected chi connectivity index (χ1v) is 2.87. The summed E-state index contributed by atoms with van der Waals surface area (Å²) in [4.78, 5) is 0. The summed E-state index contributed by atoms with van der Waals surface area (Å²) in [6.07, 6.45) is 1.17. The van der Waals surface area contributed by atoms with Gasteiger partial charge in [0, 0.05) is 0 Å². The lowest BCUT2D eigenvalue weighted by atomic mass is 10.4. The quantitative estimate of drug-likeness (QED) is 0.375. The van der Waals surface area contributed by atoms with Gasteiger partial charge in [0.25, 0.3) is 0 Å². The number of nitrogens with zero attached hydrogens (tertiary/aromatic N) is 3. The van der Waals surface area contributed by atoms with Crippen LogP contribution in [0.5, 0.6) is 0 Å². The summed E-state index contributed by atoms with van der Waals surface area (Å²) in [5.41, 5.74) is 0.465. The number of rotatable bonds is 1. The second kappa shape index (κ2) is 3.12. The zero-order valence-corrected chi connectivity index (χ0v) is 5.65. The number of hydrogen-bond donors (Lipinski definition) is 1. The Morgan fingerprint density at radius 3 is 2.80 bits per heavy atom. The van der Waals surface area contributed by atoms with Crippen molar-refractivity contribution in [3.05, 3.63) is 23.0 Å². The molecule has 0 saturated heterocycles. The molecule has 10 heavy (non-hydrogen) atoms. The third-order valence-corrected chi connectivity index (χ3v) is 1.04. The van der Waals surface area contributed by atoms with Crippen LogP contribution in [-0.4, -0.2) is 21.6 Å². The molecule has 0 amide bonds. The van der Waals surface area contributed by atoms with E-state index in [1.165, 1.54) is 6.21 Å². The maximum Gasteiger partial charge on any atom is 0.151 e. The normalized spacial score (nSPS) is 10.5. The first-order valence-electron chi connectivity index (χ1n) is 2.49. The highest BCUT2D eigenvalue weighted by Crippen LogP contribution is 1.99. The van der Waals surface area contributed by atoms with Gasteiger partial charge < -0.3 is 5.21 Å². The molecule has 0 aliphatic carbocycles. The van der Waals surface area contributed by atoms with Crippen LogP contribution < -0.4 is 0 Å². The van der Waals surface area contributed by atoms with Crippen LogP contribution in [-0.2, 0) is 0 Å². The van der Waals surface area contributed by atoms with Gasteiger partial charge in [-0.3, -0.25) is 0 Å². The molecule has 1 N–H and O–H groups in total. The molecule has 0 aliphatic rings. The molecule has 0 fully saturated rings. The van der Waals surface area contributed by atoms with Crippen molar-refractivity contribution in [2.24, 2.45) is 5.16 Å². The van der Waals surface area contributed by atoms with Gasteiger partial charge in [-0.05, 0) is 12.1 Å². The van der Waals surface area contributed by atoms with Crippen LogP contribution >= 0.6 is 11.6 Å². The molecule has 1 aromatic rings. The third-order valence-electron chi connectivity index (χ3n) is 0.843. The lowest BCUT2D eigenvalue weighted by molar-refractivity contribution is 0.321. The summed E-state index contributed by atoms with van der Waals surface area (Å²) < 4.78 is 0. The first kappa shape index (κ1) is 6.95. The predicted molar refractivity (Wildman–Crippen MR) is 36.4 cm³/mol. The zero-order valence-electron chi connectivity index (χ0n) is 4.90. The molecule has 0 aromatic carbocycles. The maximum atomic E-state index is 8.06. The zero-order chi connectivity index (χ0) is 7.40. The number of aromatic nitrogens is 2. The van der Waals surface area contributed by atoms with Gasteiger partial charge in [-0.15, -0.1) is 10.2 Å². The fourth-order valence-electron chi connectivity index (χ4n) is 0.454. The Bertz CT molecular complexity index is 233. The van der Waals surface area contributed by atoms with Gasteiger partial charge in [-0.2, -0.15) is 0 Å². The van der Waals surface area contributed by atoms with Crippen LogP contribution in [0.1, 0.15) is 5.69 Å². The Morgan fingerprint density at radius 1 is 1.50 bits per heavy atom. The monoisotopic (exact) mass is 157 g/mol. The van der Waals surface area contributed by atoms with E-state index in [9.17, 15) is 0 Å². The number of oxime groups is 1. The van der Waals surface area contributed by atoms with Crippen molar-refractivity contribution in [1.29, 1.82) is 0 Å². The Hall–Kier alpha value is -1.16. The van der Waals surface area contributed by atoms with E-state index in [2.05, 4.69) is 15.4 Å². The van der Waals surface area contributed by atoms with Gasteiger partial charge in [0.15, 0.2) is 5.15 Å². The van der Waals surface area contributed by atoms with Gasteiger partial charge >= 0.3 is 0 Å². The SMILES string of the molecule is O/N=C\c1ccc(Cl)nn1. The van der Waals surface area contributed by atoms with Gasteiger partial charge in [0.1, 0.15) is 5.69 Å². The predicted octanol–water partition coefficient (Wildman–Crippen LogP) is 0.938. The summed E-state index contributed by atoms with van der Waals surface area (Å²) in [6.45, 7) is 0. The number of halogens is 1. The van der Waals surface area contributed by atoms with E-state index in [1.807, 2.05) is 0 Å². The molecule has 1 aromatic heterocycles. The van der Waals surface area contributed by atoms with Crippen molar-refractivity contribution >= 4 is 17.8 Å². The fourth-order valence-corrected chi connectivity index (χ4v) is 0.555. The molecule has 0 aliphatic heterocycles. The van der Waals surface area contributed by atoms with Crippen LogP contribution in [0.3, 0.4) is 0 Å². The molecular weight excluding hydrogens is 154 g/mol. The third kappa shape index (κ3) is 1.66. The van der Waals surface area contributed by atoms with Crippen molar-refractivity contribution in [2.45, 2.75) is 0 Å². The molecule has 0 bridgehead atoms. The van der Waals surface area contributed by atoms with Gasteiger partial charge in [-0.25, -0.2) is 0 Å². The van der Waals surface area contributed by atoms with E-state index < -0.39 is 0 Å². The van der Waals surface area contributed by atoms with Crippen molar-refractivity contribution in [1.82, 2.24) is 10.2 Å². The van der Waals surface area contributed by atoms with E-state index >= 15 is 0 Å². The minimum Gasteiger partial charge on any atom is -0.411 e. The standard InChI is InChI=1S/C5H4ClN3O/c6-5-2-1-4(3-7-10)8-9-5/h1-3,10H/b7-3-. The van der Waals surface area contributed by atoms with E-state index in [0.29, 0.717) is 10.8 Å². The lowest BCUT2D eigenvalue weighted by Gasteiger charge is -1.87. The van der Waals surface area contributed by atoms with E-state index in [1.54, 1.807) is 12.1 Å². The van der Waals surface area contributed by atoms with Crippen LogP contribution in [0.4, 0.5) is 0 Å². The molecule has 0 unspecified atom stereocenters. The summed E-state index contributed by atoms with van der Waals surface area (Å²) in [5.74, 6) is 0. The van der Waals surface area contributed by atoms with Crippen LogP contribution in [0.25, 0.3) is 0 Å². The highest BCUT2D eigenvalue weighted by molar-refractivity contribution is 6.29. The molecule has 0 spiro atoms. The van der Waals surface area contributed by atoms with Crippen molar-refractivity contribution in [2.75, 3.05) is 0 Å². The highest BCUT2D eigenvalue weighted by Gasteiger charge is 1.89. The lowest BCUT2D eigenvalue weighted by Crippen LogP contribution is -1.89. The van der Waals surface area contributed by atoms with Gasteiger partial charge in [-0.1, -0.05) is 16.8 Å². The second-order valence-electron chi connectivity index (χ2n) is 1.53. The molecule has 0 atom stereocenters. The molecule has 0 saturated carbocycles. The minimum atomic E-state index is 0.315. The van der Waals surface area contributed by atoms with Crippen LogP contribution in [0.2, 0.25) is 5.15 Å². The van der Waals surface area contributed by atoms with E-state index in [0.717, 1.165) is 0 Å². The van der Waals surface area contributed by atoms with Crippen LogP contribution in [0.15, 0.2) is 17.3 Å². The Morgan fingerprint density at radius 2 is 2.30 bits per heavy atom. The van der Waals surface area contributed by atoms with Gasteiger partial charge in [0.05, 0.1) is 6.21 Å². The Balaban J connectivity index is 2.89. The summed E-state index contributed by atoms with van der Waals surface area (Å²) in [7, 11) is 0. The van der Waals surface area contributed by atoms with Gasteiger partial charge in [0.2, 0.25) is 0 Å². The summed E-state index contributed by atoms with van der Waals surface area (Å²) in [5, 5.41) is 18.2. The maximum absolute atomic E-state index is 8.06. The van der Waals surface area contributed by atoms with Crippen molar-refractivity contribution in [3.63, 3.8) is 0 Å². The molecule has 1 rings (SSSR count). The van der Waals surface area contributed by atoms with Crippen LogP contribution in [0, 0.1) is 0 Å². The molecule has 0 radical (unpaired) electrons. The second-order valence-corrected chi connectivity index (χ2v) is 1.91. The molecular formula is C5H4ClN3O. The Labute approximate surface area is 62.2 Å². The molecule has 1 heterocycles. The fraction of sp³-hybridized carbons (Fsp3) is 0. The molecule has 52 valence electrons. The Kier molecular flexibility index (Phi) is 2.17. The largest absolute Gasteiger partial charge is 0.411 e. The van der Waals surface area contributed by atoms with Crippen molar-refractivity contribution in [3.8, 4) is 0 Å². The molecule has 5 heteroatoms. The first-order chi connectivity index (χ1) is 4.83. The van der Waals surface area contributed by atoms with Crippen molar-refractivity contribution < 1.29 is 5.21 Å². The molecule has 4 nitrogen and oxygen atoms in total. The highest BCUT2D eigenvalue weighted by atomic mass is 35.5. The average Bonchev–Trinajstić information content (AvgIpc) is 1.95. The topological polar surface area (TPSA) is 58.4 Å².